The van der Waals surface area contributed by atoms with Gasteiger partial charge in [-0.25, -0.2) is 9.37 Å². The first-order valence-electron chi connectivity index (χ1n) is 8.63. The number of nitrogens with zero attached hydrogens (tertiary/aromatic N) is 3. The molecule has 1 aromatic heterocycles. The van der Waals surface area contributed by atoms with Crippen molar-refractivity contribution in [3.8, 4) is 11.4 Å². The van der Waals surface area contributed by atoms with Crippen LogP contribution < -0.4 is 10.6 Å². The smallest absolute Gasteiger partial charge is 0.272 e. The second kappa shape index (κ2) is 8.06. The Labute approximate surface area is 161 Å². The van der Waals surface area contributed by atoms with Crippen molar-refractivity contribution >= 4 is 23.4 Å². The number of hydrogen-bond acceptors (Lipinski definition) is 4. The summed E-state index contributed by atoms with van der Waals surface area (Å²) in [4.78, 5) is 30.7. The molecule has 0 atom stereocenters. The van der Waals surface area contributed by atoms with Crippen LogP contribution in [-0.4, -0.2) is 53.5 Å². The van der Waals surface area contributed by atoms with Crippen molar-refractivity contribution in [1.82, 2.24) is 25.1 Å². The fourth-order valence-electron chi connectivity index (χ4n) is 3.09. The average molecular weight is 394 g/mol. The van der Waals surface area contributed by atoms with Crippen LogP contribution in [0, 0.1) is 5.82 Å². The lowest BCUT2D eigenvalue weighted by Gasteiger charge is -2.13. The van der Waals surface area contributed by atoms with Gasteiger partial charge in [0, 0.05) is 25.7 Å². The van der Waals surface area contributed by atoms with Crippen molar-refractivity contribution in [2.24, 2.45) is 0 Å². The number of carbonyl (C=O) groups is 2. The topological polar surface area (TPSA) is 79.3 Å². The van der Waals surface area contributed by atoms with Gasteiger partial charge < -0.3 is 20.1 Å². The molecule has 0 spiro atoms. The fourth-order valence-corrected chi connectivity index (χ4v) is 3.27. The summed E-state index contributed by atoms with van der Waals surface area (Å²) in [7, 11) is 3.48. The predicted molar refractivity (Wildman–Crippen MR) is 100.0 cm³/mol. The number of aromatic nitrogens is 2. The summed E-state index contributed by atoms with van der Waals surface area (Å²) in [6.45, 7) is 1.98. The van der Waals surface area contributed by atoms with Gasteiger partial charge in [0.1, 0.15) is 11.6 Å². The fraction of sp³-hybridized carbons (Fsp3) is 0.389. The van der Waals surface area contributed by atoms with Gasteiger partial charge >= 0.3 is 0 Å². The third kappa shape index (κ3) is 4.12. The van der Waals surface area contributed by atoms with Crippen molar-refractivity contribution in [2.75, 3.05) is 27.2 Å². The molecule has 0 unspecified atom stereocenters. The van der Waals surface area contributed by atoms with E-state index in [1.165, 1.54) is 19.2 Å². The van der Waals surface area contributed by atoms with Crippen molar-refractivity contribution in [1.29, 1.82) is 0 Å². The lowest BCUT2D eigenvalue weighted by atomic mass is 10.2. The zero-order valence-corrected chi connectivity index (χ0v) is 15.9. The predicted octanol–water partition coefficient (Wildman–Crippen LogP) is 1.65. The minimum atomic E-state index is -0.508. The zero-order valence-electron chi connectivity index (χ0n) is 15.2. The second-order valence-electron chi connectivity index (χ2n) is 6.46. The summed E-state index contributed by atoms with van der Waals surface area (Å²) < 4.78 is 15.5. The van der Waals surface area contributed by atoms with Gasteiger partial charge in [0.15, 0.2) is 5.69 Å². The molecule has 0 aliphatic carbocycles. The monoisotopic (exact) mass is 393 g/mol. The third-order valence-corrected chi connectivity index (χ3v) is 4.78. The van der Waals surface area contributed by atoms with E-state index in [0.29, 0.717) is 24.5 Å². The Hall–Kier alpha value is -2.45. The molecule has 9 heteroatoms. The first kappa shape index (κ1) is 19.3. The molecule has 7 nitrogen and oxygen atoms in total. The largest absolute Gasteiger partial charge is 0.358 e. The van der Waals surface area contributed by atoms with Crippen molar-refractivity contribution < 1.29 is 14.0 Å². The van der Waals surface area contributed by atoms with Gasteiger partial charge in [-0.2, -0.15) is 0 Å². The number of carbonyl (C=O) groups excluding carboxylic acids is 2. The molecule has 1 aromatic carbocycles. The van der Waals surface area contributed by atoms with E-state index < -0.39 is 11.7 Å². The number of imidazole rings is 1. The molecule has 0 bridgehead atoms. The summed E-state index contributed by atoms with van der Waals surface area (Å²) >= 11 is 5.93. The molecule has 144 valence electrons. The van der Waals surface area contributed by atoms with Crippen LogP contribution in [0.2, 0.25) is 5.02 Å². The Kier molecular flexibility index (Phi) is 5.76. The van der Waals surface area contributed by atoms with Gasteiger partial charge in [-0.05, 0) is 38.2 Å². The second-order valence-corrected chi connectivity index (χ2v) is 6.87. The maximum atomic E-state index is 13.5. The highest BCUT2D eigenvalue weighted by Gasteiger charge is 2.26. The molecule has 2 amide bonds. The van der Waals surface area contributed by atoms with E-state index in [1.54, 1.807) is 6.07 Å². The van der Waals surface area contributed by atoms with Crippen molar-refractivity contribution in [3.05, 3.63) is 40.4 Å². The first-order chi connectivity index (χ1) is 12.9. The number of benzene rings is 1. The summed E-state index contributed by atoms with van der Waals surface area (Å²) in [6.07, 6.45) is 0.890. The lowest BCUT2D eigenvalue weighted by Crippen LogP contribution is -2.36. The first-order valence-corrected chi connectivity index (χ1v) is 9.00. The Bertz CT molecular complexity index is 883. The van der Waals surface area contributed by atoms with Crippen LogP contribution in [0.15, 0.2) is 18.2 Å². The van der Waals surface area contributed by atoms with E-state index in [4.69, 9.17) is 11.6 Å². The number of nitrogens with one attached hydrogen (secondary N) is 2. The molecule has 0 saturated heterocycles. The highest BCUT2D eigenvalue weighted by Crippen LogP contribution is 2.28. The Morgan fingerprint density at radius 1 is 1.33 bits per heavy atom. The maximum Gasteiger partial charge on any atom is 0.272 e. The molecule has 2 heterocycles. The molecule has 0 fully saturated rings. The van der Waals surface area contributed by atoms with Gasteiger partial charge in [0.25, 0.3) is 5.91 Å². The van der Waals surface area contributed by atoms with Gasteiger partial charge in [-0.1, -0.05) is 11.6 Å². The van der Waals surface area contributed by atoms with E-state index >= 15 is 0 Å². The van der Waals surface area contributed by atoms with E-state index in [-0.39, 0.29) is 23.2 Å². The van der Waals surface area contributed by atoms with Crippen molar-refractivity contribution in [3.63, 3.8) is 0 Å². The number of likely N-dealkylation sites (N-methyl/N-ethyl adjacent to an activating group) is 1. The number of amides is 2. The molecule has 2 N–H and O–H groups in total. The van der Waals surface area contributed by atoms with Gasteiger partial charge in [-0.15, -0.1) is 0 Å². The van der Waals surface area contributed by atoms with E-state index in [9.17, 15) is 14.0 Å². The van der Waals surface area contributed by atoms with Crippen LogP contribution in [-0.2, 0) is 17.9 Å². The maximum absolute atomic E-state index is 13.5. The molecular weight excluding hydrogens is 373 g/mol. The Morgan fingerprint density at radius 3 is 2.81 bits per heavy atom. The Morgan fingerprint density at radius 2 is 2.11 bits per heavy atom. The molecule has 1 aliphatic heterocycles. The molecule has 1 aliphatic rings. The average Bonchev–Trinajstić information content (AvgIpc) is 2.88. The minimum Gasteiger partial charge on any atom is -0.358 e. The van der Waals surface area contributed by atoms with Crippen molar-refractivity contribution in [2.45, 2.75) is 19.5 Å². The Balaban J connectivity index is 2.03. The van der Waals surface area contributed by atoms with Crippen LogP contribution in [0.4, 0.5) is 4.39 Å². The third-order valence-electron chi connectivity index (χ3n) is 4.49. The molecule has 0 radical (unpaired) electrons. The number of fused-ring (bicyclic) bond motifs is 1. The van der Waals surface area contributed by atoms with Crippen LogP contribution in [0.5, 0.6) is 0 Å². The summed E-state index contributed by atoms with van der Waals surface area (Å²) in [5, 5.41) is 5.05. The van der Waals surface area contributed by atoms with Gasteiger partial charge in [0.2, 0.25) is 5.91 Å². The van der Waals surface area contributed by atoms with Crippen LogP contribution in [0.1, 0.15) is 22.6 Å². The normalized spacial score (nSPS) is 14.4. The van der Waals surface area contributed by atoms with Gasteiger partial charge in [-0.3, -0.25) is 9.59 Å². The number of hydrogen-bond donors (Lipinski definition) is 2. The SMILES string of the molecule is CNC(=O)CNC(=O)c1nc(-c2ccc(F)c(Cl)c2)n2c1CN(C)CCC2. The molecule has 0 saturated carbocycles. The van der Waals surface area contributed by atoms with E-state index in [0.717, 1.165) is 18.7 Å². The molecule has 27 heavy (non-hydrogen) atoms. The standard InChI is InChI=1S/C18H21ClFN5O2/c1-21-15(26)9-22-18(27)16-14-10-24(2)6-3-7-25(14)17(23-16)11-4-5-13(20)12(19)8-11/h4-5,8H,3,6-7,9-10H2,1-2H3,(H,21,26)(H,22,27). The number of rotatable bonds is 4. The molecule has 2 aromatic rings. The molecule has 3 rings (SSSR count). The highest BCUT2D eigenvalue weighted by atomic mass is 35.5. The minimum absolute atomic E-state index is 0.00112. The summed E-state index contributed by atoms with van der Waals surface area (Å²) in [6, 6.07) is 4.39. The van der Waals surface area contributed by atoms with E-state index in [1.807, 2.05) is 11.6 Å². The van der Waals surface area contributed by atoms with Gasteiger partial charge in [0.05, 0.1) is 17.3 Å². The molecular formula is C18H21ClFN5O2. The van der Waals surface area contributed by atoms with E-state index in [2.05, 4.69) is 20.5 Å². The lowest BCUT2D eigenvalue weighted by molar-refractivity contribution is -0.119. The van der Waals surface area contributed by atoms with Crippen LogP contribution in [0.3, 0.4) is 0 Å². The van der Waals surface area contributed by atoms with Crippen LogP contribution >= 0.6 is 11.6 Å². The number of halogens is 2. The summed E-state index contributed by atoms with van der Waals surface area (Å²) in [5.74, 6) is -0.660. The van der Waals surface area contributed by atoms with Crippen LogP contribution in [0.25, 0.3) is 11.4 Å². The highest BCUT2D eigenvalue weighted by molar-refractivity contribution is 6.31. The zero-order chi connectivity index (χ0) is 19.6. The quantitative estimate of drug-likeness (QED) is 0.828. The summed E-state index contributed by atoms with van der Waals surface area (Å²) in [5.41, 5.74) is 1.67.